The highest BCUT2D eigenvalue weighted by Gasteiger charge is 2.19. The Labute approximate surface area is 116 Å². The van der Waals surface area contributed by atoms with Gasteiger partial charge in [0.15, 0.2) is 5.69 Å². The standard InChI is InChI=1S/C13H17N3O2S/c1-3-18-13(17)11-12(14)16(8-15-11)9(2)6-10-4-5-19-7-10/h4-5,7-9H,3,6,14H2,1-2H3. The zero-order chi connectivity index (χ0) is 13.8. The van der Waals surface area contributed by atoms with Crippen molar-refractivity contribution < 1.29 is 9.53 Å². The summed E-state index contributed by atoms with van der Waals surface area (Å²) in [7, 11) is 0. The number of thiophene rings is 1. The van der Waals surface area contributed by atoms with E-state index in [1.54, 1.807) is 24.6 Å². The van der Waals surface area contributed by atoms with Crippen LogP contribution >= 0.6 is 11.3 Å². The Kier molecular flexibility index (Phi) is 4.21. The molecule has 5 nitrogen and oxygen atoms in total. The van der Waals surface area contributed by atoms with Crippen molar-refractivity contribution in [3.8, 4) is 0 Å². The van der Waals surface area contributed by atoms with Crippen molar-refractivity contribution in [3.05, 3.63) is 34.4 Å². The normalized spacial score (nSPS) is 12.3. The first-order chi connectivity index (χ1) is 9.13. The smallest absolute Gasteiger partial charge is 0.360 e. The summed E-state index contributed by atoms with van der Waals surface area (Å²) in [5, 5.41) is 4.15. The van der Waals surface area contributed by atoms with Crippen molar-refractivity contribution in [2.45, 2.75) is 26.3 Å². The van der Waals surface area contributed by atoms with E-state index in [0.29, 0.717) is 12.4 Å². The predicted octanol–water partition coefficient (Wildman–Crippen LogP) is 2.51. The van der Waals surface area contributed by atoms with Crippen molar-refractivity contribution in [2.24, 2.45) is 0 Å². The molecule has 102 valence electrons. The number of imidazole rings is 1. The molecule has 1 unspecified atom stereocenters. The molecule has 0 radical (unpaired) electrons. The third-order valence-corrected chi connectivity index (χ3v) is 3.62. The molecule has 19 heavy (non-hydrogen) atoms. The summed E-state index contributed by atoms with van der Waals surface area (Å²) in [6, 6.07) is 2.23. The fourth-order valence-corrected chi connectivity index (χ4v) is 2.61. The second-order valence-electron chi connectivity index (χ2n) is 4.29. The van der Waals surface area contributed by atoms with Crippen molar-refractivity contribution in [1.82, 2.24) is 9.55 Å². The first kappa shape index (κ1) is 13.6. The van der Waals surface area contributed by atoms with Gasteiger partial charge < -0.3 is 15.0 Å². The molecule has 2 rings (SSSR count). The van der Waals surface area contributed by atoms with Crippen LogP contribution in [-0.4, -0.2) is 22.1 Å². The Hall–Kier alpha value is -1.82. The Balaban J connectivity index is 2.14. The lowest BCUT2D eigenvalue weighted by Gasteiger charge is -2.14. The average Bonchev–Trinajstić information content (AvgIpc) is 2.98. The van der Waals surface area contributed by atoms with Crippen LogP contribution in [-0.2, 0) is 11.2 Å². The van der Waals surface area contributed by atoms with E-state index in [1.807, 2.05) is 16.9 Å². The molecule has 0 bridgehead atoms. The first-order valence-corrected chi connectivity index (χ1v) is 7.08. The lowest BCUT2D eigenvalue weighted by Crippen LogP contribution is -2.13. The summed E-state index contributed by atoms with van der Waals surface area (Å²) >= 11 is 1.67. The molecule has 0 saturated carbocycles. The van der Waals surface area contributed by atoms with Crippen molar-refractivity contribution in [3.63, 3.8) is 0 Å². The molecule has 0 saturated heterocycles. The molecular weight excluding hydrogens is 262 g/mol. The minimum absolute atomic E-state index is 0.144. The van der Waals surface area contributed by atoms with Crippen LogP contribution in [0.1, 0.15) is 35.9 Å². The van der Waals surface area contributed by atoms with E-state index < -0.39 is 5.97 Å². The van der Waals surface area contributed by atoms with E-state index in [-0.39, 0.29) is 11.7 Å². The molecular formula is C13H17N3O2S. The Bertz CT molecular complexity index is 548. The monoisotopic (exact) mass is 279 g/mol. The number of nitrogens with zero attached hydrogens (tertiary/aromatic N) is 2. The molecule has 2 aromatic rings. The summed E-state index contributed by atoms with van der Waals surface area (Å²) < 4.78 is 6.72. The topological polar surface area (TPSA) is 70.1 Å². The Morgan fingerprint density at radius 2 is 2.42 bits per heavy atom. The highest BCUT2D eigenvalue weighted by atomic mass is 32.1. The van der Waals surface area contributed by atoms with E-state index in [1.165, 1.54) is 5.56 Å². The van der Waals surface area contributed by atoms with E-state index in [4.69, 9.17) is 10.5 Å². The Morgan fingerprint density at radius 3 is 3.05 bits per heavy atom. The van der Waals surface area contributed by atoms with Crippen molar-refractivity contribution >= 4 is 23.1 Å². The van der Waals surface area contributed by atoms with Crippen LogP contribution in [0.15, 0.2) is 23.2 Å². The van der Waals surface area contributed by atoms with Gasteiger partial charge in [0.2, 0.25) is 0 Å². The fourth-order valence-electron chi connectivity index (χ4n) is 1.93. The van der Waals surface area contributed by atoms with Crippen LogP contribution in [0.2, 0.25) is 0 Å². The molecule has 0 aliphatic heterocycles. The van der Waals surface area contributed by atoms with Gasteiger partial charge in [0.1, 0.15) is 5.82 Å². The average molecular weight is 279 g/mol. The second-order valence-corrected chi connectivity index (χ2v) is 5.07. The van der Waals surface area contributed by atoms with E-state index in [2.05, 4.69) is 16.4 Å². The maximum atomic E-state index is 11.6. The van der Waals surface area contributed by atoms with E-state index in [0.717, 1.165) is 6.42 Å². The maximum Gasteiger partial charge on any atom is 0.360 e. The minimum Gasteiger partial charge on any atom is -0.461 e. The van der Waals surface area contributed by atoms with E-state index in [9.17, 15) is 4.79 Å². The molecule has 0 aromatic carbocycles. The quantitative estimate of drug-likeness (QED) is 0.854. The fraction of sp³-hybridized carbons (Fsp3) is 0.385. The molecule has 2 aromatic heterocycles. The highest BCUT2D eigenvalue weighted by Crippen LogP contribution is 2.21. The molecule has 0 aliphatic carbocycles. The third kappa shape index (κ3) is 2.96. The number of anilines is 1. The van der Waals surface area contributed by atoms with Gasteiger partial charge in [-0.2, -0.15) is 11.3 Å². The zero-order valence-electron chi connectivity index (χ0n) is 11.0. The number of carbonyl (C=O) groups excluding carboxylic acids is 1. The number of rotatable bonds is 5. The van der Waals surface area contributed by atoms with Gasteiger partial charge in [-0.3, -0.25) is 0 Å². The first-order valence-electron chi connectivity index (χ1n) is 6.14. The van der Waals surface area contributed by atoms with Crippen LogP contribution in [0.4, 0.5) is 5.82 Å². The van der Waals surface area contributed by atoms with Gasteiger partial charge in [-0.15, -0.1) is 0 Å². The lowest BCUT2D eigenvalue weighted by molar-refractivity contribution is 0.0521. The summed E-state index contributed by atoms with van der Waals surface area (Å²) in [6.45, 7) is 4.12. The molecule has 6 heteroatoms. The molecule has 0 spiro atoms. The maximum absolute atomic E-state index is 11.6. The van der Waals surface area contributed by atoms with Gasteiger partial charge in [0.05, 0.1) is 12.9 Å². The molecule has 2 N–H and O–H groups in total. The predicted molar refractivity (Wildman–Crippen MR) is 75.3 cm³/mol. The summed E-state index contributed by atoms with van der Waals surface area (Å²) in [6.07, 6.45) is 2.45. The SMILES string of the molecule is CCOC(=O)c1ncn(C(C)Cc2ccsc2)c1N. The second kappa shape index (κ2) is 5.88. The number of aromatic nitrogens is 2. The molecule has 0 aliphatic rings. The summed E-state index contributed by atoms with van der Waals surface area (Å²) in [4.78, 5) is 15.7. The van der Waals surface area contributed by atoms with Crippen molar-refractivity contribution in [1.29, 1.82) is 0 Å². The van der Waals surface area contributed by atoms with Crippen LogP contribution in [0.3, 0.4) is 0 Å². The lowest BCUT2D eigenvalue weighted by atomic mass is 10.1. The number of nitrogens with two attached hydrogens (primary N) is 1. The molecule has 2 heterocycles. The van der Waals surface area contributed by atoms with Gasteiger partial charge in [0.25, 0.3) is 0 Å². The largest absolute Gasteiger partial charge is 0.461 e. The van der Waals surface area contributed by atoms with Crippen LogP contribution in [0.5, 0.6) is 0 Å². The zero-order valence-corrected chi connectivity index (χ0v) is 11.8. The van der Waals surface area contributed by atoms with Crippen LogP contribution in [0.25, 0.3) is 0 Å². The van der Waals surface area contributed by atoms with Crippen LogP contribution < -0.4 is 5.73 Å². The summed E-state index contributed by atoms with van der Waals surface area (Å²) in [5.74, 6) is -0.109. The number of ether oxygens (including phenoxy) is 1. The molecule has 0 amide bonds. The van der Waals surface area contributed by atoms with Gasteiger partial charge in [-0.05, 0) is 42.7 Å². The van der Waals surface area contributed by atoms with Gasteiger partial charge in [-0.25, -0.2) is 9.78 Å². The number of nitrogen functional groups attached to an aromatic ring is 1. The van der Waals surface area contributed by atoms with Gasteiger partial charge in [-0.1, -0.05) is 0 Å². The molecule has 1 atom stereocenters. The van der Waals surface area contributed by atoms with Gasteiger partial charge >= 0.3 is 5.97 Å². The molecule has 0 fully saturated rings. The van der Waals surface area contributed by atoms with Crippen LogP contribution in [0, 0.1) is 0 Å². The van der Waals surface area contributed by atoms with Gasteiger partial charge in [0, 0.05) is 6.04 Å². The minimum atomic E-state index is -0.471. The number of carbonyl (C=O) groups is 1. The number of esters is 1. The number of hydrogen-bond acceptors (Lipinski definition) is 5. The van der Waals surface area contributed by atoms with Crippen molar-refractivity contribution in [2.75, 3.05) is 12.3 Å². The Morgan fingerprint density at radius 1 is 1.63 bits per heavy atom. The number of hydrogen-bond donors (Lipinski definition) is 1. The highest BCUT2D eigenvalue weighted by molar-refractivity contribution is 7.07. The summed E-state index contributed by atoms with van der Waals surface area (Å²) in [5.41, 5.74) is 7.41. The third-order valence-electron chi connectivity index (χ3n) is 2.89. The van der Waals surface area contributed by atoms with E-state index >= 15 is 0 Å².